The zero-order valence-electron chi connectivity index (χ0n) is 14.0. The molecule has 5 N–H and O–H groups in total. The number of anilines is 3. The Bertz CT molecular complexity index is 1050. The largest absolute Gasteiger partial charge is 0.395 e. The van der Waals surface area contributed by atoms with E-state index in [0.717, 1.165) is 0 Å². The normalized spacial score (nSPS) is 11.6. The van der Waals surface area contributed by atoms with Gasteiger partial charge in [-0.15, -0.1) is 0 Å². The first-order chi connectivity index (χ1) is 12.6. The van der Waals surface area contributed by atoms with Crippen LogP contribution in [0.25, 0.3) is 16.7 Å². The predicted molar refractivity (Wildman–Crippen MR) is 88.4 cm³/mol. The van der Waals surface area contributed by atoms with Crippen LogP contribution in [-0.4, -0.2) is 15.6 Å². The number of halogens is 6. The number of aromatic nitrogens is 2. The number of benzene rings is 2. The lowest BCUT2D eigenvalue weighted by molar-refractivity contribution is 0.448. The molecule has 3 aromatic rings. The van der Waals surface area contributed by atoms with Crippen LogP contribution in [0.3, 0.4) is 0 Å². The Kier molecular flexibility index (Phi) is 4.32. The van der Waals surface area contributed by atoms with Crippen LogP contribution in [0.5, 0.6) is 0 Å². The van der Waals surface area contributed by atoms with Gasteiger partial charge in [-0.25, -0.2) is 31.3 Å². The van der Waals surface area contributed by atoms with Gasteiger partial charge in [0.1, 0.15) is 11.2 Å². The molecular formula is C16H13F6N5. The van der Waals surface area contributed by atoms with E-state index >= 15 is 0 Å². The maximum Gasteiger partial charge on any atom is 0.209 e. The van der Waals surface area contributed by atoms with Crippen molar-refractivity contribution >= 4 is 28.4 Å². The van der Waals surface area contributed by atoms with Crippen LogP contribution in [0.2, 0.25) is 0 Å². The number of fused-ring (bicyclic) bond motifs is 1. The zero-order chi connectivity index (χ0) is 20.2. The number of hydrogen-bond donors (Lipinski definition) is 3. The molecule has 0 radical (unpaired) electrons. The molecule has 27 heavy (non-hydrogen) atoms. The lowest BCUT2D eigenvalue weighted by atomic mass is 10.2. The van der Waals surface area contributed by atoms with Crippen LogP contribution in [-0.2, 0) is 0 Å². The van der Waals surface area contributed by atoms with Gasteiger partial charge in [-0.05, 0) is 13.8 Å². The van der Waals surface area contributed by atoms with E-state index in [0.29, 0.717) is 10.6 Å². The number of nitrogens with two attached hydrogens (primary N) is 2. The van der Waals surface area contributed by atoms with Crippen molar-refractivity contribution in [3.63, 3.8) is 0 Å². The molecule has 0 saturated heterocycles. The van der Waals surface area contributed by atoms with Gasteiger partial charge in [-0.3, -0.25) is 4.57 Å². The van der Waals surface area contributed by atoms with Crippen LogP contribution in [0, 0.1) is 34.9 Å². The highest BCUT2D eigenvalue weighted by Gasteiger charge is 2.28. The van der Waals surface area contributed by atoms with Crippen LogP contribution in [0.15, 0.2) is 6.07 Å². The minimum atomic E-state index is -1.93. The second-order valence-electron chi connectivity index (χ2n) is 6.04. The molecular weight excluding hydrogens is 376 g/mol. The van der Waals surface area contributed by atoms with E-state index in [9.17, 15) is 26.3 Å². The Balaban J connectivity index is 2.51. The number of nitrogens with zero attached hydrogens (tertiary/aromatic N) is 2. The molecule has 0 fully saturated rings. The molecule has 5 nitrogen and oxygen atoms in total. The molecule has 0 aliphatic rings. The average Bonchev–Trinajstić information content (AvgIpc) is 2.94. The van der Waals surface area contributed by atoms with E-state index in [1.807, 2.05) is 0 Å². The maximum atomic E-state index is 14.5. The summed E-state index contributed by atoms with van der Waals surface area (Å²) in [6.07, 6.45) is 0. The summed E-state index contributed by atoms with van der Waals surface area (Å²) in [5.74, 6) is -10.7. The molecule has 0 atom stereocenters. The van der Waals surface area contributed by atoms with Gasteiger partial charge in [0.2, 0.25) is 5.95 Å². The fraction of sp³-hybridized carbons (Fsp3) is 0.188. The van der Waals surface area contributed by atoms with Gasteiger partial charge >= 0.3 is 0 Å². The third-order valence-corrected chi connectivity index (χ3v) is 3.80. The molecule has 0 bridgehead atoms. The first-order valence-electron chi connectivity index (χ1n) is 7.60. The van der Waals surface area contributed by atoms with Gasteiger partial charge in [0.05, 0.1) is 16.9 Å². The molecule has 0 spiro atoms. The Morgan fingerprint density at radius 3 is 2.11 bits per heavy atom. The molecule has 1 aromatic heterocycles. The fourth-order valence-electron chi connectivity index (χ4n) is 2.60. The minimum absolute atomic E-state index is 0.306. The van der Waals surface area contributed by atoms with Crippen LogP contribution >= 0.6 is 0 Å². The molecule has 0 aliphatic heterocycles. The van der Waals surface area contributed by atoms with Crippen LogP contribution in [0.4, 0.5) is 43.7 Å². The second-order valence-corrected chi connectivity index (χ2v) is 6.04. The summed E-state index contributed by atoms with van der Waals surface area (Å²) >= 11 is 0. The van der Waals surface area contributed by atoms with Gasteiger partial charge in [-0.2, -0.15) is 0 Å². The summed E-state index contributed by atoms with van der Waals surface area (Å²) in [6, 6.07) is 0.174. The van der Waals surface area contributed by atoms with Gasteiger partial charge < -0.3 is 16.8 Å². The van der Waals surface area contributed by atoms with Crippen LogP contribution < -0.4 is 16.8 Å². The van der Waals surface area contributed by atoms with Gasteiger partial charge in [0, 0.05) is 12.1 Å². The number of imidazole rings is 1. The number of nitrogen functional groups attached to an aromatic ring is 2. The minimum Gasteiger partial charge on any atom is -0.395 e. The molecule has 2 aromatic carbocycles. The van der Waals surface area contributed by atoms with E-state index in [2.05, 4.69) is 10.3 Å². The third kappa shape index (κ3) is 2.69. The van der Waals surface area contributed by atoms with Gasteiger partial charge in [0.15, 0.2) is 34.9 Å². The SMILES string of the molecule is CC(C)Nc1nc2c(F)c(F)c(F)cc2n1-c1c(N)c(N)c(F)c(F)c1F. The molecule has 0 amide bonds. The standard InChI is InChI=1S/C16H13F6N5/c1-4(2)25-16-26-14-6(3-5(17)7(18)10(14)21)27(16)15-11(22)8(19)9(20)12(23)13(15)24/h3-4H,23-24H2,1-2H3,(H,25,26). The second kappa shape index (κ2) is 6.25. The van der Waals surface area contributed by atoms with E-state index in [1.54, 1.807) is 13.8 Å². The lowest BCUT2D eigenvalue weighted by Crippen LogP contribution is -2.17. The van der Waals surface area contributed by atoms with Crippen molar-refractivity contribution in [2.45, 2.75) is 19.9 Å². The topological polar surface area (TPSA) is 81.9 Å². The quantitative estimate of drug-likeness (QED) is 0.361. The van der Waals surface area contributed by atoms with Crippen molar-refractivity contribution in [3.05, 3.63) is 41.0 Å². The third-order valence-electron chi connectivity index (χ3n) is 3.80. The first kappa shape index (κ1) is 18.7. The summed E-state index contributed by atoms with van der Waals surface area (Å²) < 4.78 is 84.2. The Morgan fingerprint density at radius 2 is 1.52 bits per heavy atom. The maximum absolute atomic E-state index is 14.5. The monoisotopic (exact) mass is 389 g/mol. The predicted octanol–water partition coefficient (Wildman–Crippen LogP) is 3.84. The average molecular weight is 389 g/mol. The first-order valence-corrected chi connectivity index (χ1v) is 7.60. The van der Waals surface area contributed by atoms with E-state index in [4.69, 9.17) is 11.5 Å². The van der Waals surface area contributed by atoms with Crippen LogP contribution in [0.1, 0.15) is 13.8 Å². The highest BCUT2D eigenvalue weighted by atomic mass is 19.2. The van der Waals surface area contributed by atoms with Gasteiger partial charge in [0.25, 0.3) is 0 Å². The Morgan fingerprint density at radius 1 is 0.889 bits per heavy atom. The lowest BCUT2D eigenvalue weighted by Gasteiger charge is -2.17. The molecule has 0 aliphatic carbocycles. The summed E-state index contributed by atoms with van der Waals surface area (Å²) in [6.45, 7) is 3.28. The molecule has 144 valence electrons. The van der Waals surface area contributed by atoms with E-state index in [1.165, 1.54) is 0 Å². The van der Waals surface area contributed by atoms with E-state index < -0.39 is 63.0 Å². The highest BCUT2D eigenvalue weighted by molar-refractivity contribution is 5.86. The van der Waals surface area contributed by atoms with E-state index in [-0.39, 0.29) is 12.0 Å². The summed E-state index contributed by atoms with van der Waals surface area (Å²) in [4.78, 5) is 3.79. The summed E-state index contributed by atoms with van der Waals surface area (Å²) in [7, 11) is 0. The molecule has 0 unspecified atom stereocenters. The van der Waals surface area contributed by atoms with Crippen molar-refractivity contribution in [2.75, 3.05) is 16.8 Å². The van der Waals surface area contributed by atoms with Crippen molar-refractivity contribution in [2.24, 2.45) is 0 Å². The molecule has 1 heterocycles. The van der Waals surface area contributed by atoms with Crippen molar-refractivity contribution in [1.29, 1.82) is 0 Å². The molecule has 3 rings (SSSR count). The zero-order valence-corrected chi connectivity index (χ0v) is 14.0. The fourth-order valence-corrected chi connectivity index (χ4v) is 2.60. The van der Waals surface area contributed by atoms with Crippen molar-refractivity contribution in [1.82, 2.24) is 9.55 Å². The number of hydrogen-bond acceptors (Lipinski definition) is 4. The van der Waals surface area contributed by atoms with Crippen molar-refractivity contribution < 1.29 is 26.3 Å². The van der Waals surface area contributed by atoms with Crippen molar-refractivity contribution in [3.8, 4) is 5.69 Å². The highest BCUT2D eigenvalue weighted by Crippen LogP contribution is 2.37. The summed E-state index contributed by atoms with van der Waals surface area (Å²) in [5, 5.41) is 2.70. The number of nitrogens with one attached hydrogen (secondary N) is 1. The molecule has 11 heteroatoms. The Labute approximate surface area is 148 Å². The number of rotatable bonds is 3. The summed E-state index contributed by atoms with van der Waals surface area (Å²) in [5.41, 5.74) is 7.43. The van der Waals surface area contributed by atoms with Gasteiger partial charge in [-0.1, -0.05) is 0 Å². The smallest absolute Gasteiger partial charge is 0.209 e. The molecule has 0 saturated carbocycles. The Hall–Kier alpha value is -3.11.